The molecule has 0 saturated heterocycles. The molecule has 1 amide bonds. The van der Waals surface area contributed by atoms with E-state index in [-0.39, 0.29) is 12.7 Å². The second-order valence-corrected chi connectivity index (χ2v) is 6.45. The van der Waals surface area contributed by atoms with Crippen LogP contribution in [0, 0.1) is 6.92 Å². The van der Waals surface area contributed by atoms with E-state index in [1.807, 2.05) is 56.3 Å². The summed E-state index contributed by atoms with van der Waals surface area (Å²) in [6.45, 7) is 5.06. The standard InChI is InChI=1S/C21H28N4O3/c1-15-6-4-9-19(10-15)28-16(2)12-24-21(23-3)25-13-17-7-5-8-18(11-17)27-14-20(22)26/h4-11,16H,12-14H2,1-3H3,(H2,22,26)(H2,23,24,25). The SMILES string of the molecule is CN=C(NCc1cccc(OCC(N)=O)c1)NCC(C)Oc1cccc(C)c1. The Labute approximate surface area is 165 Å². The number of hydrogen-bond acceptors (Lipinski definition) is 4. The number of guanidine groups is 1. The number of nitrogens with one attached hydrogen (secondary N) is 2. The molecule has 7 nitrogen and oxygen atoms in total. The maximum Gasteiger partial charge on any atom is 0.255 e. The first-order chi connectivity index (χ1) is 13.5. The molecule has 4 N–H and O–H groups in total. The van der Waals surface area contributed by atoms with Gasteiger partial charge in [0.1, 0.15) is 17.6 Å². The van der Waals surface area contributed by atoms with Crippen LogP contribution in [0.3, 0.4) is 0 Å². The molecule has 150 valence electrons. The molecule has 0 fully saturated rings. The van der Waals surface area contributed by atoms with Crippen LogP contribution in [-0.4, -0.2) is 38.2 Å². The number of primary amides is 1. The third-order valence-electron chi connectivity index (χ3n) is 3.85. The molecule has 0 spiro atoms. The monoisotopic (exact) mass is 384 g/mol. The van der Waals surface area contributed by atoms with E-state index in [2.05, 4.69) is 15.6 Å². The van der Waals surface area contributed by atoms with Gasteiger partial charge in [-0.2, -0.15) is 0 Å². The third-order valence-corrected chi connectivity index (χ3v) is 3.85. The van der Waals surface area contributed by atoms with Gasteiger partial charge in [0.2, 0.25) is 0 Å². The van der Waals surface area contributed by atoms with Gasteiger partial charge in [-0.25, -0.2) is 0 Å². The van der Waals surface area contributed by atoms with Crippen molar-refractivity contribution >= 4 is 11.9 Å². The van der Waals surface area contributed by atoms with Crippen LogP contribution in [0.25, 0.3) is 0 Å². The molecule has 0 aromatic heterocycles. The quantitative estimate of drug-likeness (QED) is 0.454. The molecule has 0 heterocycles. The average molecular weight is 384 g/mol. The highest BCUT2D eigenvalue weighted by Gasteiger charge is 2.06. The summed E-state index contributed by atoms with van der Waals surface area (Å²) < 4.78 is 11.2. The minimum absolute atomic E-state index is 0.0223. The number of carbonyl (C=O) groups excluding carboxylic acids is 1. The van der Waals surface area contributed by atoms with Gasteiger partial charge in [0.15, 0.2) is 12.6 Å². The molecule has 0 aliphatic rings. The van der Waals surface area contributed by atoms with Crippen molar-refractivity contribution in [3.05, 3.63) is 59.7 Å². The number of rotatable bonds is 9. The predicted octanol–water partition coefficient (Wildman–Crippen LogP) is 1.99. The van der Waals surface area contributed by atoms with Crippen molar-refractivity contribution in [3.8, 4) is 11.5 Å². The fraction of sp³-hybridized carbons (Fsp3) is 0.333. The zero-order valence-electron chi connectivity index (χ0n) is 16.6. The third kappa shape index (κ3) is 7.57. The van der Waals surface area contributed by atoms with Crippen LogP contribution in [0.1, 0.15) is 18.1 Å². The lowest BCUT2D eigenvalue weighted by molar-refractivity contribution is -0.119. The molecule has 0 saturated carbocycles. The first kappa shape index (κ1) is 21.1. The molecule has 2 aromatic carbocycles. The number of benzene rings is 2. The first-order valence-electron chi connectivity index (χ1n) is 9.14. The Morgan fingerprint density at radius 2 is 1.89 bits per heavy atom. The summed E-state index contributed by atoms with van der Waals surface area (Å²) in [5.74, 6) is 1.62. The number of nitrogens with two attached hydrogens (primary N) is 1. The second-order valence-electron chi connectivity index (χ2n) is 6.45. The number of aryl methyl sites for hydroxylation is 1. The van der Waals surface area contributed by atoms with E-state index in [9.17, 15) is 4.79 Å². The lowest BCUT2D eigenvalue weighted by Crippen LogP contribution is -2.41. The van der Waals surface area contributed by atoms with Crippen molar-refractivity contribution in [3.63, 3.8) is 0 Å². The van der Waals surface area contributed by atoms with Crippen LogP contribution in [0.15, 0.2) is 53.5 Å². The number of hydrogen-bond donors (Lipinski definition) is 3. The van der Waals surface area contributed by atoms with E-state index in [1.165, 1.54) is 0 Å². The predicted molar refractivity (Wildman–Crippen MR) is 111 cm³/mol. The minimum Gasteiger partial charge on any atom is -0.489 e. The molecular weight excluding hydrogens is 356 g/mol. The molecule has 7 heteroatoms. The minimum atomic E-state index is -0.505. The number of ether oxygens (including phenoxy) is 2. The summed E-state index contributed by atoms with van der Waals surface area (Å²) in [5, 5.41) is 6.49. The Morgan fingerprint density at radius 3 is 2.61 bits per heavy atom. The van der Waals surface area contributed by atoms with Crippen molar-refractivity contribution in [2.75, 3.05) is 20.2 Å². The van der Waals surface area contributed by atoms with Crippen molar-refractivity contribution in [1.82, 2.24) is 10.6 Å². The first-order valence-corrected chi connectivity index (χ1v) is 9.14. The Kier molecular flexibility index (Phi) is 8.14. The Bertz CT molecular complexity index is 808. The zero-order chi connectivity index (χ0) is 20.4. The van der Waals surface area contributed by atoms with E-state index >= 15 is 0 Å². The summed E-state index contributed by atoms with van der Waals surface area (Å²) >= 11 is 0. The van der Waals surface area contributed by atoms with Crippen LogP contribution < -0.4 is 25.8 Å². The van der Waals surface area contributed by atoms with Crippen LogP contribution in [0.2, 0.25) is 0 Å². The van der Waals surface area contributed by atoms with Gasteiger partial charge in [-0.05, 0) is 49.2 Å². The molecule has 1 atom stereocenters. The van der Waals surface area contributed by atoms with Gasteiger partial charge in [-0.1, -0.05) is 24.3 Å². The van der Waals surface area contributed by atoms with Crippen molar-refractivity contribution < 1.29 is 14.3 Å². The van der Waals surface area contributed by atoms with Crippen LogP contribution in [-0.2, 0) is 11.3 Å². The maximum atomic E-state index is 10.8. The summed E-state index contributed by atoms with van der Waals surface area (Å²) in [7, 11) is 1.72. The Morgan fingerprint density at radius 1 is 1.14 bits per heavy atom. The number of carbonyl (C=O) groups is 1. The van der Waals surface area contributed by atoms with Gasteiger partial charge in [0.05, 0.1) is 6.54 Å². The van der Waals surface area contributed by atoms with Gasteiger partial charge in [0.25, 0.3) is 5.91 Å². The Balaban J connectivity index is 1.79. The highest BCUT2D eigenvalue weighted by molar-refractivity contribution is 5.79. The normalized spacial score (nSPS) is 12.2. The number of aliphatic imine (C=N–C) groups is 1. The molecule has 0 aliphatic carbocycles. The highest BCUT2D eigenvalue weighted by Crippen LogP contribution is 2.14. The van der Waals surface area contributed by atoms with Crippen molar-refractivity contribution in [1.29, 1.82) is 0 Å². The molecule has 0 radical (unpaired) electrons. The van der Waals surface area contributed by atoms with Gasteiger partial charge >= 0.3 is 0 Å². The molecule has 1 unspecified atom stereocenters. The summed E-state index contributed by atoms with van der Waals surface area (Å²) in [4.78, 5) is 15.0. The molecule has 28 heavy (non-hydrogen) atoms. The summed E-state index contributed by atoms with van der Waals surface area (Å²) in [6, 6.07) is 15.4. The van der Waals surface area contributed by atoms with Gasteiger partial charge < -0.3 is 25.8 Å². The van der Waals surface area contributed by atoms with E-state index in [0.29, 0.717) is 24.8 Å². The van der Waals surface area contributed by atoms with Crippen LogP contribution in [0.5, 0.6) is 11.5 Å². The van der Waals surface area contributed by atoms with Crippen LogP contribution in [0.4, 0.5) is 0 Å². The average Bonchev–Trinajstić information content (AvgIpc) is 2.67. The van der Waals surface area contributed by atoms with Gasteiger partial charge in [-0.15, -0.1) is 0 Å². The smallest absolute Gasteiger partial charge is 0.255 e. The van der Waals surface area contributed by atoms with Crippen LogP contribution >= 0.6 is 0 Å². The number of amides is 1. The molecule has 0 aliphatic heterocycles. The molecule has 2 aromatic rings. The molecular formula is C21H28N4O3. The van der Waals surface area contributed by atoms with E-state index in [1.54, 1.807) is 13.1 Å². The largest absolute Gasteiger partial charge is 0.489 e. The summed E-state index contributed by atoms with van der Waals surface area (Å²) in [6.07, 6.45) is -0.0223. The van der Waals surface area contributed by atoms with Gasteiger partial charge in [0, 0.05) is 13.6 Å². The maximum absolute atomic E-state index is 10.8. The van der Waals surface area contributed by atoms with E-state index in [4.69, 9.17) is 15.2 Å². The molecule has 0 bridgehead atoms. The fourth-order valence-electron chi connectivity index (χ4n) is 2.51. The fourth-order valence-corrected chi connectivity index (χ4v) is 2.51. The lowest BCUT2D eigenvalue weighted by Gasteiger charge is -2.18. The summed E-state index contributed by atoms with van der Waals surface area (Å²) in [5.41, 5.74) is 7.26. The van der Waals surface area contributed by atoms with Crippen molar-refractivity contribution in [2.45, 2.75) is 26.5 Å². The number of nitrogens with zero attached hydrogens (tertiary/aromatic N) is 1. The topological polar surface area (TPSA) is 98.0 Å². The lowest BCUT2D eigenvalue weighted by atomic mass is 10.2. The van der Waals surface area contributed by atoms with Gasteiger partial charge in [-0.3, -0.25) is 9.79 Å². The molecule has 2 rings (SSSR count). The Hall–Kier alpha value is -3.22. The second kappa shape index (κ2) is 10.8. The zero-order valence-corrected chi connectivity index (χ0v) is 16.6. The highest BCUT2D eigenvalue weighted by atomic mass is 16.5. The van der Waals surface area contributed by atoms with Crippen molar-refractivity contribution in [2.24, 2.45) is 10.7 Å². The van der Waals surface area contributed by atoms with E-state index in [0.717, 1.165) is 16.9 Å². The van der Waals surface area contributed by atoms with E-state index < -0.39 is 5.91 Å².